The molecule has 0 saturated carbocycles. The summed E-state index contributed by atoms with van der Waals surface area (Å²) in [6, 6.07) is 60.4. The lowest BCUT2D eigenvalue weighted by Crippen LogP contribution is -2.28. The summed E-state index contributed by atoms with van der Waals surface area (Å²) in [5.74, 6) is 0. The number of anilines is 3. The molecule has 0 unspecified atom stereocenters. The van der Waals surface area contributed by atoms with Crippen molar-refractivity contribution in [2.75, 3.05) is 4.90 Å². The number of benzene rings is 12. The van der Waals surface area contributed by atoms with Crippen molar-refractivity contribution in [1.82, 2.24) is 4.57 Å². The predicted octanol–water partition coefficient (Wildman–Crippen LogP) is 19.7. The highest BCUT2D eigenvalue weighted by Crippen LogP contribution is 2.58. The standard InChI is InChI=1S/C73H46N2O2/c1-3-18-49(19-4-1)73(50-20-5-2-6-21-50)63-30-11-7-25-62(63)70-64(73)31-17-33-66(70)75-65-32-12-8-22-56(65)57-45-44-53(46-67(57)75)74(51-40-36-47(37-41-51)54-26-15-28-60-58-23-9-13-34-68(58)76-71(54)60)52-42-38-48(39-43-52)55-27-16-29-61-59-24-10-14-35-69(59)77-72(55)61/h1-46H/i1D,2D,3D,4D,5D,6D,7D,11D,18D,20D,25D,30D. The molecule has 77 heavy (non-hydrogen) atoms. The Kier molecular flexibility index (Phi) is 7.24. The number of nitrogens with zero attached hydrogens (tertiary/aromatic N) is 2. The van der Waals surface area contributed by atoms with Crippen LogP contribution < -0.4 is 4.90 Å². The van der Waals surface area contributed by atoms with E-state index in [-0.39, 0.29) is 33.4 Å². The van der Waals surface area contributed by atoms with Gasteiger partial charge in [-0.05, 0) is 99.6 Å². The molecule has 0 aliphatic heterocycles. The Morgan fingerprint density at radius 1 is 0.364 bits per heavy atom. The average Bonchev–Trinajstić information content (AvgIpc) is 1.55. The van der Waals surface area contributed by atoms with Crippen molar-refractivity contribution >= 4 is 82.7 Å². The first-order valence-corrected chi connectivity index (χ1v) is 25.4. The van der Waals surface area contributed by atoms with Crippen molar-refractivity contribution in [3.8, 4) is 39.1 Å². The minimum atomic E-state index is -2.17. The summed E-state index contributed by atoms with van der Waals surface area (Å²) in [6.07, 6.45) is 0. The molecule has 360 valence electrons. The number of rotatable bonds is 8. The van der Waals surface area contributed by atoms with Gasteiger partial charge >= 0.3 is 0 Å². The fourth-order valence-electron chi connectivity index (χ4n) is 12.2. The van der Waals surface area contributed by atoms with E-state index in [0.717, 1.165) is 99.5 Å². The van der Waals surface area contributed by atoms with Crippen molar-refractivity contribution in [2.24, 2.45) is 0 Å². The van der Waals surface area contributed by atoms with Crippen molar-refractivity contribution < 1.29 is 25.3 Å². The molecule has 4 heteroatoms. The zero-order valence-electron chi connectivity index (χ0n) is 52.8. The second-order valence-corrected chi connectivity index (χ2v) is 19.4. The van der Waals surface area contributed by atoms with Gasteiger partial charge in [0.05, 0.1) is 38.6 Å². The molecule has 0 amide bonds. The highest BCUT2D eigenvalue weighted by molar-refractivity contribution is 6.13. The molecular weight excluding hydrogens is 937 g/mol. The van der Waals surface area contributed by atoms with Gasteiger partial charge in [0.15, 0.2) is 0 Å². The lowest BCUT2D eigenvalue weighted by molar-refractivity contribution is 0.669. The Morgan fingerprint density at radius 3 is 1.52 bits per heavy atom. The second kappa shape index (κ2) is 16.9. The minimum absolute atomic E-state index is 0.0157. The maximum atomic E-state index is 9.87. The van der Waals surface area contributed by atoms with E-state index < -0.39 is 77.9 Å². The highest BCUT2D eigenvalue weighted by atomic mass is 16.3. The van der Waals surface area contributed by atoms with Crippen LogP contribution in [0.1, 0.15) is 38.7 Å². The van der Waals surface area contributed by atoms with Crippen molar-refractivity contribution in [2.45, 2.75) is 5.41 Å². The summed E-state index contributed by atoms with van der Waals surface area (Å²) in [5, 5.41) is 5.81. The molecule has 12 aromatic carbocycles. The van der Waals surface area contributed by atoms with Crippen LogP contribution in [0.5, 0.6) is 0 Å². The van der Waals surface area contributed by atoms with E-state index in [1.54, 1.807) is 12.1 Å². The molecule has 0 bridgehead atoms. The molecule has 0 fully saturated rings. The van der Waals surface area contributed by atoms with Crippen molar-refractivity contribution in [1.29, 1.82) is 0 Å². The Bertz CT molecular complexity index is 5340. The van der Waals surface area contributed by atoms with Crippen LogP contribution in [0.25, 0.3) is 105 Å². The predicted molar refractivity (Wildman–Crippen MR) is 318 cm³/mol. The van der Waals surface area contributed by atoms with E-state index >= 15 is 0 Å². The van der Waals surface area contributed by atoms with E-state index in [1.807, 2.05) is 83.4 Å². The fraction of sp³-hybridized carbons (Fsp3) is 0.0137. The monoisotopic (exact) mass is 994 g/mol. The molecule has 3 heterocycles. The third-order valence-electron chi connectivity index (χ3n) is 15.5. The molecule has 1 aliphatic carbocycles. The van der Waals surface area contributed by atoms with E-state index in [4.69, 9.17) is 17.1 Å². The maximum absolute atomic E-state index is 9.87. The van der Waals surface area contributed by atoms with E-state index in [1.165, 1.54) is 12.1 Å². The van der Waals surface area contributed by atoms with Gasteiger partial charge in [0.1, 0.15) is 22.3 Å². The number of fused-ring (bicyclic) bond motifs is 12. The van der Waals surface area contributed by atoms with Gasteiger partial charge in [-0.15, -0.1) is 0 Å². The molecule has 0 atom stereocenters. The van der Waals surface area contributed by atoms with Gasteiger partial charge in [-0.2, -0.15) is 0 Å². The topological polar surface area (TPSA) is 34.5 Å². The summed E-state index contributed by atoms with van der Waals surface area (Å²) in [6.45, 7) is 0. The highest BCUT2D eigenvalue weighted by Gasteiger charge is 2.47. The summed E-state index contributed by atoms with van der Waals surface area (Å²) >= 11 is 0. The summed E-state index contributed by atoms with van der Waals surface area (Å²) in [4.78, 5) is 2.18. The fourth-order valence-corrected chi connectivity index (χ4v) is 12.2. The number of furan rings is 2. The lowest BCUT2D eigenvalue weighted by Gasteiger charge is -2.34. The van der Waals surface area contributed by atoms with Gasteiger partial charge in [0.25, 0.3) is 0 Å². The van der Waals surface area contributed by atoms with Crippen LogP contribution in [-0.2, 0) is 5.41 Å². The van der Waals surface area contributed by atoms with Gasteiger partial charge in [0.2, 0.25) is 0 Å². The van der Waals surface area contributed by atoms with Crippen molar-refractivity contribution in [3.63, 3.8) is 0 Å². The Balaban J connectivity index is 0.949. The summed E-state index contributed by atoms with van der Waals surface area (Å²) < 4.78 is 126. The Labute approximate surface area is 461 Å². The molecule has 0 saturated heterocycles. The molecule has 0 spiro atoms. The van der Waals surface area contributed by atoms with Crippen molar-refractivity contribution in [3.05, 3.63) is 301 Å². The van der Waals surface area contributed by atoms with Crippen LogP contribution in [0.15, 0.2) is 288 Å². The first-order chi connectivity index (χ1) is 43.1. The van der Waals surface area contributed by atoms with E-state index in [9.17, 15) is 8.22 Å². The van der Waals surface area contributed by atoms with Crippen LogP contribution in [0, 0.1) is 0 Å². The number of hydrogen-bond acceptors (Lipinski definition) is 3. The molecule has 4 nitrogen and oxygen atoms in total. The number of para-hydroxylation sites is 5. The molecular formula is C73H46N2O2. The van der Waals surface area contributed by atoms with E-state index in [0.29, 0.717) is 11.2 Å². The van der Waals surface area contributed by atoms with Gasteiger partial charge < -0.3 is 18.3 Å². The van der Waals surface area contributed by atoms with Gasteiger partial charge in [0, 0.05) is 66.1 Å². The van der Waals surface area contributed by atoms with Crippen LogP contribution in [0.4, 0.5) is 17.1 Å². The number of hydrogen-bond donors (Lipinski definition) is 0. The Hall–Kier alpha value is -10.2. The summed E-state index contributed by atoms with van der Waals surface area (Å²) in [5.41, 5.74) is 9.19. The third-order valence-corrected chi connectivity index (χ3v) is 15.5. The van der Waals surface area contributed by atoms with E-state index in [2.05, 4.69) is 108 Å². The lowest BCUT2D eigenvalue weighted by atomic mass is 9.68. The van der Waals surface area contributed by atoms with Crippen LogP contribution in [0.2, 0.25) is 0 Å². The molecule has 15 aromatic rings. The van der Waals surface area contributed by atoms with Gasteiger partial charge in [-0.25, -0.2) is 0 Å². The first-order valence-electron chi connectivity index (χ1n) is 31.4. The van der Waals surface area contributed by atoms with Gasteiger partial charge in [-0.3, -0.25) is 0 Å². The zero-order chi connectivity index (χ0) is 61.0. The summed E-state index contributed by atoms with van der Waals surface area (Å²) in [7, 11) is 0. The third kappa shape index (κ3) is 6.40. The normalized spacial score (nSPS) is 15.0. The minimum Gasteiger partial charge on any atom is -0.455 e. The average molecular weight is 995 g/mol. The zero-order valence-corrected chi connectivity index (χ0v) is 40.8. The molecule has 3 aromatic heterocycles. The SMILES string of the molecule is [2H]c1cc(C2(c3cc([2H])c([2H])c([2H])c3[2H])c3cccc(-n4c5ccccc5c5ccc(N(c6ccc(-c7cccc8c7oc7ccccc78)cc6)c6ccc(-c7cccc8c7oc7ccccc78)cc6)cc54)c3-c3c([2H])c([2H])c([2H])c([2H])c32)c([2H])c([2H])c1[2H]. The molecule has 0 N–H and O–H groups in total. The first kappa shape index (κ1) is 32.9. The van der Waals surface area contributed by atoms with Crippen LogP contribution in [0.3, 0.4) is 0 Å². The quantitative estimate of drug-likeness (QED) is 0.152. The van der Waals surface area contributed by atoms with Gasteiger partial charge in [-0.1, -0.05) is 218 Å². The second-order valence-electron chi connectivity index (χ2n) is 19.4. The number of aromatic nitrogens is 1. The Morgan fingerprint density at radius 2 is 0.883 bits per heavy atom. The van der Waals surface area contributed by atoms with Crippen LogP contribution >= 0.6 is 0 Å². The smallest absolute Gasteiger partial charge is 0.143 e. The molecule has 16 rings (SSSR count). The van der Waals surface area contributed by atoms with Crippen LogP contribution in [-0.4, -0.2) is 4.57 Å². The molecule has 1 aliphatic rings. The maximum Gasteiger partial charge on any atom is 0.143 e. The molecule has 0 radical (unpaired) electrons. The largest absolute Gasteiger partial charge is 0.455 e.